The van der Waals surface area contributed by atoms with Crippen molar-refractivity contribution in [3.63, 3.8) is 0 Å². The Balaban J connectivity index is 2.02. The Labute approximate surface area is 104 Å². The summed E-state index contributed by atoms with van der Waals surface area (Å²) in [6.45, 7) is 3.36. The van der Waals surface area contributed by atoms with Gasteiger partial charge in [0, 0.05) is 19.3 Å². The minimum Gasteiger partial charge on any atom is -0.435 e. The number of oxazole rings is 1. The van der Waals surface area contributed by atoms with Crippen molar-refractivity contribution in [3.05, 3.63) is 36.3 Å². The van der Waals surface area contributed by atoms with Crippen LogP contribution in [0.25, 0.3) is 22.7 Å². The van der Waals surface area contributed by atoms with E-state index >= 15 is 0 Å². The monoisotopic (exact) mass is 242 g/mol. The van der Waals surface area contributed by atoms with Crippen molar-refractivity contribution in [2.24, 2.45) is 5.73 Å². The van der Waals surface area contributed by atoms with Gasteiger partial charge in [0.25, 0.3) is 0 Å². The van der Waals surface area contributed by atoms with Crippen LogP contribution in [0.2, 0.25) is 0 Å². The average Bonchev–Trinajstić information content (AvgIpc) is 2.94. The minimum atomic E-state index is 0.548. The van der Waals surface area contributed by atoms with Gasteiger partial charge >= 0.3 is 0 Å². The van der Waals surface area contributed by atoms with Crippen LogP contribution in [0, 0.1) is 6.92 Å². The van der Waals surface area contributed by atoms with Crippen molar-refractivity contribution in [2.45, 2.75) is 13.5 Å². The normalized spacial score (nSPS) is 11.2. The lowest BCUT2D eigenvalue weighted by Crippen LogP contribution is -2.07. The first kappa shape index (κ1) is 11.0. The first-order chi connectivity index (χ1) is 8.76. The molecule has 5 heteroatoms. The fourth-order valence-corrected chi connectivity index (χ4v) is 1.89. The molecule has 0 aliphatic carbocycles. The zero-order valence-electron chi connectivity index (χ0n) is 10.1. The molecule has 0 saturated carbocycles. The van der Waals surface area contributed by atoms with Gasteiger partial charge in [-0.25, -0.2) is 9.97 Å². The van der Waals surface area contributed by atoms with Crippen LogP contribution in [-0.4, -0.2) is 21.1 Å². The Bertz CT molecular complexity index is 683. The summed E-state index contributed by atoms with van der Waals surface area (Å²) in [7, 11) is 0. The maximum atomic E-state index is 5.68. The lowest BCUT2D eigenvalue weighted by molar-refractivity contribution is 0.617. The summed E-state index contributed by atoms with van der Waals surface area (Å²) in [6, 6.07) is 5.93. The summed E-state index contributed by atoms with van der Waals surface area (Å²) < 4.78 is 7.61. The van der Waals surface area contributed by atoms with Crippen LogP contribution < -0.4 is 5.73 Å². The number of nitrogens with two attached hydrogens (primary N) is 1. The summed E-state index contributed by atoms with van der Waals surface area (Å²) in [4.78, 5) is 8.72. The fraction of sp³-hybridized carbons (Fsp3) is 0.231. The number of rotatable bonds is 3. The van der Waals surface area contributed by atoms with E-state index in [1.165, 1.54) is 0 Å². The van der Waals surface area contributed by atoms with Crippen LogP contribution in [0.4, 0.5) is 0 Å². The minimum absolute atomic E-state index is 0.548. The number of imidazole rings is 1. The summed E-state index contributed by atoms with van der Waals surface area (Å²) in [5.41, 5.74) is 9.04. The highest BCUT2D eigenvalue weighted by Crippen LogP contribution is 2.23. The quantitative estimate of drug-likeness (QED) is 0.762. The predicted molar refractivity (Wildman–Crippen MR) is 69.0 cm³/mol. The second-order valence-electron chi connectivity index (χ2n) is 4.28. The number of hydrogen-bond donors (Lipinski definition) is 1. The van der Waals surface area contributed by atoms with E-state index < -0.39 is 0 Å². The molecule has 0 spiro atoms. The maximum Gasteiger partial charge on any atom is 0.247 e. The van der Waals surface area contributed by atoms with E-state index in [0.717, 1.165) is 28.9 Å². The lowest BCUT2D eigenvalue weighted by Gasteiger charge is -1.94. The third-order valence-electron chi connectivity index (χ3n) is 2.78. The number of aryl methyl sites for hydroxylation is 1. The second-order valence-corrected chi connectivity index (χ2v) is 4.28. The first-order valence-corrected chi connectivity index (χ1v) is 5.85. The van der Waals surface area contributed by atoms with Gasteiger partial charge in [0.05, 0.1) is 6.33 Å². The molecule has 0 unspecified atom stereocenters. The van der Waals surface area contributed by atoms with Crippen LogP contribution in [0.3, 0.4) is 0 Å². The molecule has 2 N–H and O–H groups in total. The third kappa shape index (κ3) is 1.89. The first-order valence-electron chi connectivity index (χ1n) is 5.85. The molecule has 0 radical (unpaired) electrons. The van der Waals surface area contributed by atoms with Crippen molar-refractivity contribution in [1.29, 1.82) is 0 Å². The van der Waals surface area contributed by atoms with E-state index in [2.05, 4.69) is 9.97 Å². The van der Waals surface area contributed by atoms with Gasteiger partial charge in [-0.15, -0.1) is 0 Å². The van der Waals surface area contributed by atoms with Crippen LogP contribution in [0.15, 0.2) is 35.1 Å². The molecule has 18 heavy (non-hydrogen) atoms. The van der Waals surface area contributed by atoms with E-state index in [1.807, 2.05) is 35.9 Å². The maximum absolute atomic E-state index is 5.68. The zero-order chi connectivity index (χ0) is 12.5. The Hall–Kier alpha value is -2.14. The second kappa shape index (κ2) is 4.27. The molecule has 2 aromatic heterocycles. The SMILES string of the molecule is Cc1ccc2oc(-c3cn(CCN)cn3)nc2c1. The van der Waals surface area contributed by atoms with E-state index in [1.54, 1.807) is 6.33 Å². The molecule has 1 aromatic carbocycles. The molecule has 3 rings (SSSR count). The molecule has 0 fully saturated rings. The largest absolute Gasteiger partial charge is 0.435 e. The zero-order valence-corrected chi connectivity index (χ0v) is 10.1. The molecular weight excluding hydrogens is 228 g/mol. The lowest BCUT2D eigenvalue weighted by atomic mass is 10.2. The number of aromatic nitrogens is 3. The summed E-state index contributed by atoms with van der Waals surface area (Å²) in [5.74, 6) is 0.548. The van der Waals surface area contributed by atoms with E-state index in [-0.39, 0.29) is 0 Å². The van der Waals surface area contributed by atoms with Crippen molar-refractivity contribution >= 4 is 11.1 Å². The predicted octanol–water partition coefficient (Wildman–Crippen LogP) is 1.96. The van der Waals surface area contributed by atoms with Gasteiger partial charge in [0.2, 0.25) is 5.89 Å². The molecule has 0 aliphatic rings. The van der Waals surface area contributed by atoms with Gasteiger partial charge in [-0.3, -0.25) is 0 Å². The number of fused-ring (bicyclic) bond motifs is 1. The smallest absolute Gasteiger partial charge is 0.247 e. The molecule has 0 aliphatic heterocycles. The van der Waals surface area contributed by atoms with Gasteiger partial charge < -0.3 is 14.7 Å². The van der Waals surface area contributed by atoms with Crippen molar-refractivity contribution in [3.8, 4) is 11.6 Å². The molecule has 0 amide bonds. The molecular formula is C13H14N4O. The van der Waals surface area contributed by atoms with Gasteiger partial charge in [0.1, 0.15) is 11.2 Å². The van der Waals surface area contributed by atoms with Gasteiger partial charge in [-0.05, 0) is 24.6 Å². The molecule has 92 valence electrons. The standard InChI is InChI=1S/C13H14N4O/c1-9-2-3-12-10(6-9)16-13(18-12)11-7-17(5-4-14)8-15-11/h2-3,6-8H,4-5,14H2,1H3. The molecule has 5 nitrogen and oxygen atoms in total. The summed E-state index contributed by atoms with van der Waals surface area (Å²) in [5, 5.41) is 0. The Morgan fingerprint density at radius 3 is 3.11 bits per heavy atom. The Kier molecular flexibility index (Phi) is 2.60. The van der Waals surface area contributed by atoms with Crippen LogP contribution >= 0.6 is 0 Å². The third-order valence-corrected chi connectivity index (χ3v) is 2.78. The molecule has 0 bridgehead atoms. The molecule has 0 saturated heterocycles. The van der Waals surface area contributed by atoms with Crippen molar-refractivity contribution in [1.82, 2.24) is 14.5 Å². The Morgan fingerprint density at radius 2 is 2.28 bits per heavy atom. The number of hydrogen-bond acceptors (Lipinski definition) is 4. The fourth-order valence-electron chi connectivity index (χ4n) is 1.89. The van der Waals surface area contributed by atoms with E-state index in [9.17, 15) is 0 Å². The van der Waals surface area contributed by atoms with Crippen LogP contribution in [0.5, 0.6) is 0 Å². The van der Waals surface area contributed by atoms with Gasteiger partial charge in [0.15, 0.2) is 5.58 Å². The summed E-state index contributed by atoms with van der Waals surface area (Å²) >= 11 is 0. The highest BCUT2D eigenvalue weighted by molar-refractivity contribution is 5.76. The molecule has 0 atom stereocenters. The van der Waals surface area contributed by atoms with Crippen LogP contribution in [0.1, 0.15) is 5.56 Å². The highest BCUT2D eigenvalue weighted by Gasteiger charge is 2.10. The van der Waals surface area contributed by atoms with Gasteiger partial charge in [-0.1, -0.05) is 6.07 Å². The van der Waals surface area contributed by atoms with E-state index in [0.29, 0.717) is 12.4 Å². The topological polar surface area (TPSA) is 69.9 Å². The Morgan fingerprint density at radius 1 is 1.39 bits per heavy atom. The highest BCUT2D eigenvalue weighted by atomic mass is 16.3. The summed E-state index contributed by atoms with van der Waals surface area (Å²) in [6.07, 6.45) is 3.63. The van der Waals surface area contributed by atoms with Crippen LogP contribution in [-0.2, 0) is 6.54 Å². The molecule has 2 heterocycles. The average molecular weight is 242 g/mol. The number of benzene rings is 1. The van der Waals surface area contributed by atoms with Gasteiger partial charge in [-0.2, -0.15) is 0 Å². The number of nitrogens with zero attached hydrogens (tertiary/aromatic N) is 3. The molecule has 3 aromatic rings. The van der Waals surface area contributed by atoms with Crippen molar-refractivity contribution in [2.75, 3.05) is 6.54 Å². The van der Waals surface area contributed by atoms with E-state index in [4.69, 9.17) is 10.2 Å². The van der Waals surface area contributed by atoms with Crippen molar-refractivity contribution < 1.29 is 4.42 Å².